The number of ether oxygens (including phenoxy) is 2. The van der Waals surface area contributed by atoms with Crippen molar-refractivity contribution in [3.63, 3.8) is 0 Å². The van der Waals surface area contributed by atoms with Gasteiger partial charge in [-0.3, -0.25) is 0 Å². The molecule has 4 heteroatoms. The summed E-state index contributed by atoms with van der Waals surface area (Å²) in [6.45, 7) is 4.11. The van der Waals surface area contributed by atoms with Crippen molar-refractivity contribution in [3.05, 3.63) is 52.5 Å². The maximum Gasteiger partial charge on any atom is 0.127 e. The van der Waals surface area contributed by atoms with Crippen LogP contribution in [-0.4, -0.2) is 14.2 Å². The molecule has 1 N–H and O–H groups in total. The summed E-state index contributed by atoms with van der Waals surface area (Å²) in [4.78, 5) is 0. The molecule has 0 radical (unpaired) electrons. The Kier molecular flexibility index (Phi) is 4.97. The number of hydrogen-bond donors (Lipinski definition) is 1. The van der Waals surface area contributed by atoms with Gasteiger partial charge in [-0.2, -0.15) is 0 Å². The van der Waals surface area contributed by atoms with Crippen LogP contribution in [0.4, 0.5) is 5.69 Å². The molecule has 21 heavy (non-hydrogen) atoms. The number of nitrogens with one attached hydrogen (secondary N) is 1. The van der Waals surface area contributed by atoms with Gasteiger partial charge in [0.05, 0.1) is 31.0 Å². The van der Waals surface area contributed by atoms with Crippen LogP contribution in [0.1, 0.15) is 24.1 Å². The zero-order valence-corrected chi connectivity index (χ0v) is 13.5. The van der Waals surface area contributed by atoms with E-state index in [2.05, 4.69) is 12.2 Å². The standard InChI is InChI=1S/C17H20ClNO2/c1-11-5-8-15(18)16(9-11)19-12(2)14-7-6-13(20-3)10-17(14)21-4/h5-10,12,19H,1-4H3. The Morgan fingerprint density at radius 2 is 1.81 bits per heavy atom. The summed E-state index contributed by atoms with van der Waals surface area (Å²) in [6.07, 6.45) is 0. The summed E-state index contributed by atoms with van der Waals surface area (Å²) in [7, 11) is 3.30. The molecular formula is C17H20ClNO2. The molecular weight excluding hydrogens is 286 g/mol. The molecule has 1 unspecified atom stereocenters. The zero-order chi connectivity index (χ0) is 15.4. The molecule has 0 heterocycles. The average Bonchev–Trinajstić information content (AvgIpc) is 2.50. The topological polar surface area (TPSA) is 30.5 Å². The van der Waals surface area contributed by atoms with E-state index in [4.69, 9.17) is 21.1 Å². The van der Waals surface area contributed by atoms with Gasteiger partial charge in [0, 0.05) is 11.6 Å². The first-order valence-electron chi connectivity index (χ1n) is 6.79. The number of halogens is 1. The molecule has 0 amide bonds. The third-order valence-electron chi connectivity index (χ3n) is 3.40. The second-order valence-corrected chi connectivity index (χ2v) is 5.36. The Morgan fingerprint density at radius 1 is 1.05 bits per heavy atom. The summed E-state index contributed by atoms with van der Waals surface area (Å²) in [5, 5.41) is 4.13. The maximum atomic E-state index is 6.24. The van der Waals surface area contributed by atoms with Gasteiger partial charge in [-0.1, -0.05) is 17.7 Å². The summed E-state index contributed by atoms with van der Waals surface area (Å²) < 4.78 is 10.7. The highest BCUT2D eigenvalue weighted by molar-refractivity contribution is 6.33. The highest BCUT2D eigenvalue weighted by Crippen LogP contribution is 2.33. The molecule has 0 spiro atoms. The monoisotopic (exact) mass is 305 g/mol. The van der Waals surface area contributed by atoms with Crippen molar-refractivity contribution < 1.29 is 9.47 Å². The van der Waals surface area contributed by atoms with Gasteiger partial charge in [0.2, 0.25) is 0 Å². The van der Waals surface area contributed by atoms with Crippen LogP contribution in [-0.2, 0) is 0 Å². The molecule has 0 aliphatic rings. The lowest BCUT2D eigenvalue weighted by Gasteiger charge is -2.20. The van der Waals surface area contributed by atoms with Crippen molar-refractivity contribution in [1.29, 1.82) is 0 Å². The van der Waals surface area contributed by atoms with Crippen LogP contribution in [0, 0.1) is 6.92 Å². The summed E-state index contributed by atoms with van der Waals surface area (Å²) in [5.74, 6) is 1.56. The number of rotatable bonds is 5. The first kappa shape index (κ1) is 15.5. The van der Waals surface area contributed by atoms with E-state index in [1.54, 1.807) is 14.2 Å². The zero-order valence-electron chi connectivity index (χ0n) is 12.7. The molecule has 3 nitrogen and oxygen atoms in total. The minimum absolute atomic E-state index is 0.0603. The lowest BCUT2D eigenvalue weighted by molar-refractivity contribution is 0.390. The molecule has 0 aliphatic carbocycles. The van der Waals surface area contributed by atoms with Crippen LogP contribution in [0.5, 0.6) is 11.5 Å². The van der Waals surface area contributed by atoms with Crippen LogP contribution >= 0.6 is 11.6 Å². The maximum absolute atomic E-state index is 6.24. The Labute approximate surface area is 130 Å². The first-order valence-corrected chi connectivity index (χ1v) is 7.17. The van der Waals surface area contributed by atoms with Gasteiger partial charge in [-0.15, -0.1) is 0 Å². The van der Waals surface area contributed by atoms with Crippen LogP contribution in [0.25, 0.3) is 0 Å². The predicted molar refractivity (Wildman–Crippen MR) is 87.8 cm³/mol. The van der Waals surface area contributed by atoms with E-state index in [9.17, 15) is 0 Å². The molecule has 2 rings (SSSR count). The molecule has 1 atom stereocenters. The molecule has 2 aromatic carbocycles. The smallest absolute Gasteiger partial charge is 0.127 e. The SMILES string of the molecule is COc1ccc(C(C)Nc2cc(C)ccc2Cl)c(OC)c1. The fraction of sp³-hybridized carbons (Fsp3) is 0.294. The van der Waals surface area contributed by atoms with E-state index in [0.29, 0.717) is 5.02 Å². The summed E-state index contributed by atoms with van der Waals surface area (Å²) >= 11 is 6.24. The first-order chi connectivity index (χ1) is 10.0. The Balaban J connectivity index is 2.27. The second-order valence-electron chi connectivity index (χ2n) is 4.96. The summed E-state index contributed by atoms with van der Waals surface area (Å²) in [6, 6.07) is 11.8. The third-order valence-corrected chi connectivity index (χ3v) is 3.73. The number of methoxy groups -OCH3 is 2. The van der Waals surface area contributed by atoms with Gasteiger partial charge < -0.3 is 14.8 Å². The molecule has 2 aromatic rings. The predicted octanol–water partition coefficient (Wildman–Crippen LogP) is 4.84. The van der Waals surface area contributed by atoms with E-state index in [-0.39, 0.29) is 6.04 Å². The largest absolute Gasteiger partial charge is 0.497 e. The quantitative estimate of drug-likeness (QED) is 0.857. The van der Waals surface area contributed by atoms with Gasteiger partial charge in [-0.25, -0.2) is 0 Å². The molecule has 0 saturated heterocycles. The highest BCUT2D eigenvalue weighted by atomic mass is 35.5. The fourth-order valence-corrected chi connectivity index (χ4v) is 2.41. The van der Waals surface area contributed by atoms with Gasteiger partial charge in [-0.05, 0) is 43.7 Å². The number of hydrogen-bond acceptors (Lipinski definition) is 3. The lowest BCUT2D eigenvalue weighted by Crippen LogP contribution is -2.09. The van der Waals surface area contributed by atoms with Gasteiger partial charge >= 0.3 is 0 Å². The van der Waals surface area contributed by atoms with Crippen LogP contribution in [0.15, 0.2) is 36.4 Å². The van der Waals surface area contributed by atoms with Crippen LogP contribution in [0.3, 0.4) is 0 Å². The Morgan fingerprint density at radius 3 is 2.48 bits per heavy atom. The number of benzene rings is 2. The second kappa shape index (κ2) is 6.72. The van der Waals surface area contributed by atoms with Crippen molar-refractivity contribution in [3.8, 4) is 11.5 Å². The molecule has 0 aliphatic heterocycles. The fourth-order valence-electron chi connectivity index (χ4n) is 2.24. The van der Waals surface area contributed by atoms with Crippen molar-refractivity contribution in [2.75, 3.05) is 19.5 Å². The normalized spacial score (nSPS) is 11.9. The van der Waals surface area contributed by atoms with E-state index in [0.717, 1.165) is 28.3 Å². The van der Waals surface area contributed by atoms with Gasteiger partial charge in [0.15, 0.2) is 0 Å². The van der Waals surface area contributed by atoms with Crippen molar-refractivity contribution in [1.82, 2.24) is 0 Å². The van der Waals surface area contributed by atoms with Crippen LogP contribution in [0.2, 0.25) is 5.02 Å². The summed E-state index contributed by atoms with van der Waals surface area (Å²) in [5.41, 5.74) is 3.13. The highest BCUT2D eigenvalue weighted by Gasteiger charge is 2.13. The molecule has 0 bridgehead atoms. The van der Waals surface area contributed by atoms with E-state index in [1.807, 2.05) is 43.3 Å². The molecule has 0 aromatic heterocycles. The van der Waals surface area contributed by atoms with E-state index in [1.165, 1.54) is 0 Å². The number of aryl methyl sites for hydroxylation is 1. The number of anilines is 1. The third kappa shape index (κ3) is 3.61. The van der Waals surface area contributed by atoms with E-state index >= 15 is 0 Å². The molecule has 0 saturated carbocycles. The van der Waals surface area contributed by atoms with Crippen molar-refractivity contribution in [2.45, 2.75) is 19.9 Å². The lowest BCUT2D eigenvalue weighted by atomic mass is 10.1. The van der Waals surface area contributed by atoms with Gasteiger partial charge in [0.1, 0.15) is 11.5 Å². The minimum Gasteiger partial charge on any atom is -0.497 e. The van der Waals surface area contributed by atoms with Crippen molar-refractivity contribution >= 4 is 17.3 Å². The average molecular weight is 306 g/mol. The van der Waals surface area contributed by atoms with Gasteiger partial charge in [0.25, 0.3) is 0 Å². The Bertz CT molecular complexity index is 628. The van der Waals surface area contributed by atoms with Crippen molar-refractivity contribution in [2.24, 2.45) is 0 Å². The molecule has 0 fully saturated rings. The molecule has 112 valence electrons. The van der Waals surface area contributed by atoms with E-state index < -0.39 is 0 Å². The minimum atomic E-state index is 0.0603. The Hall–Kier alpha value is -1.87. The van der Waals surface area contributed by atoms with Crippen LogP contribution < -0.4 is 14.8 Å².